The molecule has 29 heavy (non-hydrogen) atoms. The number of hydrogen-bond donors (Lipinski definition) is 2. The fourth-order valence-corrected chi connectivity index (χ4v) is 3.74. The summed E-state index contributed by atoms with van der Waals surface area (Å²) in [6, 6.07) is 18.3. The average Bonchev–Trinajstić information content (AvgIpc) is 2.70. The zero-order chi connectivity index (χ0) is 20.5. The van der Waals surface area contributed by atoms with Crippen molar-refractivity contribution in [2.75, 3.05) is 5.32 Å². The molecular weight excluding hydrogens is 410 g/mol. The number of rotatable bonds is 4. The number of aromatic nitrogens is 1. The number of phenols is 1. The molecule has 0 aliphatic heterocycles. The Hall–Kier alpha value is -2.82. The molecule has 0 aliphatic rings. The Kier molecular flexibility index (Phi) is 5.31. The Morgan fingerprint density at radius 3 is 2.41 bits per heavy atom. The third-order valence-corrected chi connectivity index (χ3v) is 5.30. The van der Waals surface area contributed by atoms with Gasteiger partial charge in [-0.25, -0.2) is 9.37 Å². The van der Waals surface area contributed by atoms with Crippen molar-refractivity contribution in [2.24, 2.45) is 0 Å². The highest BCUT2D eigenvalue weighted by Crippen LogP contribution is 2.38. The topological polar surface area (TPSA) is 45.1 Å². The zero-order valence-corrected chi connectivity index (χ0v) is 17.0. The van der Waals surface area contributed by atoms with E-state index in [1.54, 1.807) is 30.3 Å². The van der Waals surface area contributed by atoms with Gasteiger partial charge in [-0.15, -0.1) is 0 Å². The van der Waals surface area contributed by atoms with Gasteiger partial charge in [0, 0.05) is 21.7 Å². The van der Waals surface area contributed by atoms with E-state index in [4.69, 9.17) is 23.2 Å². The molecule has 2 N–H and O–H groups in total. The van der Waals surface area contributed by atoms with Crippen molar-refractivity contribution in [1.82, 2.24) is 4.98 Å². The first-order chi connectivity index (χ1) is 13.9. The molecule has 0 bridgehead atoms. The van der Waals surface area contributed by atoms with E-state index >= 15 is 0 Å². The van der Waals surface area contributed by atoms with Crippen molar-refractivity contribution >= 4 is 39.8 Å². The molecule has 1 aromatic heterocycles. The molecule has 3 nitrogen and oxygen atoms in total. The molecule has 4 rings (SSSR count). The highest BCUT2D eigenvalue weighted by Gasteiger charge is 2.21. The first-order valence-corrected chi connectivity index (χ1v) is 9.74. The van der Waals surface area contributed by atoms with Crippen LogP contribution in [0, 0.1) is 12.7 Å². The van der Waals surface area contributed by atoms with Crippen molar-refractivity contribution in [3.8, 4) is 5.75 Å². The standard InChI is InChI=1S/C23H17Cl2FN2O/c1-13-2-3-15-6-10-18(23(29)22(15)27-13)21(14-4-8-17(26)9-5-14)28-20-11-7-16(24)12-19(20)25/h2-12,21,28-29H,1H3. The number of aryl methyl sites for hydroxylation is 1. The molecule has 0 spiro atoms. The van der Waals surface area contributed by atoms with Crippen LogP contribution in [0.5, 0.6) is 5.75 Å². The van der Waals surface area contributed by atoms with E-state index in [1.165, 1.54) is 12.1 Å². The van der Waals surface area contributed by atoms with E-state index in [2.05, 4.69) is 10.3 Å². The van der Waals surface area contributed by atoms with E-state index in [-0.39, 0.29) is 11.6 Å². The molecular formula is C23H17Cl2FN2O. The predicted molar refractivity (Wildman–Crippen MR) is 116 cm³/mol. The van der Waals surface area contributed by atoms with Crippen molar-refractivity contribution in [1.29, 1.82) is 0 Å². The van der Waals surface area contributed by atoms with Crippen LogP contribution in [0.25, 0.3) is 10.9 Å². The third kappa shape index (κ3) is 4.00. The SMILES string of the molecule is Cc1ccc2ccc(C(Nc3ccc(Cl)cc3Cl)c3ccc(F)cc3)c(O)c2n1. The van der Waals surface area contributed by atoms with Crippen LogP contribution in [0.4, 0.5) is 10.1 Å². The van der Waals surface area contributed by atoms with Gasteiger partial charge in [-0.2, -0.15) is 0 Å². The first-order valence-electron chi connectivity index (χ1n) is 8.98. The summed E-state index contributed by atoms with van der Waals surface area (Å²) < 4.78 is 13.5. The summed E-state index contributed by atoms with van der Waals surface area (Å²) in [6.07, 6.45) is 0. The van der Waals surface area contributed by atoms with Crippen LogP contribution in [-0.2, 0) is 0 Å². The molecule has 0 fully saturated rings. The number of halogens is 3. The zero-order valence-electron chi connectivity index (χ0n) is 15.5. The average molecular weight is 427 g/mol. The van der Waals surface area contributed by atoms with E-state index in [0.717, 1.165) is 16.6 Å². The van der Waals surface area contributed by atoms with Crippen LogP contribution in [0.15, 0.2) is 66.7 Å². The van der Waals surface area contributed by atoms with Crippen molar-refractivity contribution in [3.05, 3.63) is 99.4 Å². The van der Waals surface area contributed by atoms with Crippen molar-refractivity contribution in [2.45, 2.75) is 13.0 Å². The maximum atomic E-state index is 13.5. The maximum absolute atomic E-state index is 13.5. The molecule has 1 unspecified atom stereocenters. The lowest BCUT2D eigenvalue weighted by Gasteiger charge is -2.23. The van der Waals surface area contributed by atoms with Crippen LogP contribution in [0.3, 0.4) is 0 Å². The number of anilines is 1. The second-order valence-corrected chi connectivity index (χ2v) is 7.62. The maximum Gasteiger partial charge on any atom is 0.147 e. The molecule has 0 radical (unpaired) electrons. The number of benzene rings is 3. The summed E-state index contributed by atoms with van der Waals surface area (Å²) in [4.78, 5) is 4.48. The summed E-state index contributed by atoms with van der Waals surface area (Å²) in [5.74, 6) is -0.268. The van der Waals surface area contributed by atoms with Crippen LogP contribution < -0.4 is 5.32 Å². The van der Waals surface area contributed by atoms with Crippen molar-refractivity contribution < 1.29 is 9.50 Å². The van der Waals surface area contributed by atoms with Gasteiger partial charge in [-0.1, -0.05) is 53.5 Å². The van der Waals surface area contributed by atoms with E-state index in [9.17, 15) is 9.50 Å². The summed E-state index contributed by atoms with van der Waals surface area (Å²) in [5.41, 5.74) is 3.32. The van der Waals surface area contributed by atoms with Gasteiger partial charge in [0.2, 0.25) is 0 Å². The molecule has 6 heteroatoms. The van der Waals surface area contributed by atoms with E-state index < -0.39 is 6.04 Å². The molecule has 0 amide bonds. The lowest BCUT2D eigenvalue weighted by atomic mass is 9.95. The largest absolute Gasteiger partial charge is 0.505 e. The van der Waals surface area contributed by atoms with Gasteiger partial charge in [-0.05, 0) is 48.9 Å². The summed E-state index contributed by atoms with van der Waals surface area (Å²) >= 11 is 12.4. The Labute approximate surface area is 177 Å². The molecule has 4 aromatic rings. The minimum Gasteiger partial charge on any atom is -0.505 e. The normalized spacial score (nSPS) is 12.1. The minimum atomic E-state index is -0.485. The van der Waals surface area contributed by atoms with Gasteiger partial charge >= 0.3 is 0 Å². The quantitative estimate of drug-likeness (QED) is 0.373. The Morgan fingerprint density at radius 1 is 0.966 bits per heavy atom. The second-order valence-electron chi connectivity index (χ2n) is 6.78. The van der Waals surface area contributed by atoms with Crippen LogP contribution >= 0.6 is 23.2 Å². The molecule has 1 heterocycles. The Morgan fingerprint density at radius 2 is 1.69 bits per heavy atom. The third-order valence-electron chi connectivity index (χ3n) is 4.75. The van der Waals surface area contributed by atoms with E-state index in [0.29, 0.717) is 26.8 Å². The Balaban J connectivity index is 1.87. The number of fused-ring (bicyclic) bond motifs is 1. The number of pyridine rings is 1. The van der Waals surface area contributed by atoms with Gasteiger partial charge in [0.05, 0.1) is 16.8 Å². The number of phenolic OH excluding ortho intramolecular Hbond substituents is 1. The molecule has 0 saturated heterocycles. The molecule has 3 aromatic carbocycles. The molecule has 0 saturated carbocycles. The van der Waals surface area contributed by atoms with Crippen LogP contribution in [-0.4, -0.2) is 10.1 Å². The summed E-state index contributed by atoms with van der Waals surface area (Å²) in [7, 11) is 0. The fraction of sp³-hybridized carbons (Fsp3) is 0.0870. The monoisotopic (exact) mass is 426 g/mol. The molecule has 1 atom stereocenters. The van der Waals surface area contributed by atoms with Gasteiger partial charge in [0.15, 0.2) is 0 Å². The van der Waals surface area contributed by atoms with Crippen molar-refractivity contribution in [3.63, 3.8) is 0 Å². The van der Waals surface area contributed by atoms with Crippen LogP contribution in [0.2, 0.25) is 10.0 Å². The molecule has 146 valence electrons. The highest BCUT2D eigenvalue weighted by atomic mass is 35.5. The van der Waals surface area contributed by atoms with E-state index in [1.807, 2.05) is 31.2 Å². The first kappa shape index (κ1) is 19.5. The van der Waals surface area contributed by atoms with Gasteiger partial charge < -0.3 is 10.4 Å². The number of nitrogens with one attached hydrogen (secondary N) is 1. The smallest absolute Gasteiger partial charge is 0.147 e. The predicted octanol–water partition coefficient (Wildman–Crippen LogP) is 6.90. The summed E-state index contributed by atoms with van der Waals surface area (Å²) in [5, 5.41) is 16.2. The molecule has 0 aliphatic carbocycles. The lowest BCUT2D eigenvalue weighted by molar-refractivity contribution is 0.471. The fourth-order valence-electron chi connectivity index (χ4n) is 3.28. The van der Waals surface area contributed by atoms with Crippen LogP contribution in [0.1, 0.15) is 22.9 Å². The second kappa shape index (κ2) is 7.90. The minimum absolute atomic E-state index is 0.0677. The van der Waals surface area contributed by atoms with Gasteiger partial charge in [0.1, 0.15) is 17.1 Å². The number of nitrogens with zero attached hydrogens (tertiary/aromatic N) is 1. The number of hydrogen-bond acceptors (Lipinski definition) is 3. The number of aromatic hydroxyl groups is 1. The van der Waals surface area contributed by atoms with Gasteiger partial charge in [-0.3, -0.25) is 0 Å². The summed E-state index contributed by atoms with van der Waals surface area (Å²) in [6.45, 7) is 1.87. The van der Waals surface area contributed by atoms with Gasteiger partial charge in [0.25, 0.3) is 0 Å². The lowest BCUT2D eigenvalue weighted by Crippen LogP contribution is -2.13. The highest BCUT2D eigenvalue weighted by molar-refractivity contribution is 6.36. The Bertz CT molecular complexity index is 1200.